The summed E-state index contributed by atoms with van der Waals surface area (Å²) in [5.74, 6) is 0.237. The van der Waals surface area contributed by atoms with Crippen molar-refractivity contribution in [2.45, 2.75) is 26.7 Å². The number of benzene rings is 1. The Labute approximate surface area is 87.3 Å². The van der Waals surface area contributed by atoms with Gasteiger partial charge < -0.3 is 0 Å². The van der Waals surface area contributed by atoms with Crippen LogP contribution >= 0.6 is 15.9 Å². The van der Waals surface area contributed by atoms with Gasteiger partial charge in [0.15, 0.2) is 5.78 Å². The van der Waals surface area contributed by atoms with Gasteiger partial charge in [-0.15, -0.1) is 0 Å². The van der Waals surface area contributed by atoms with Gasteiger partial charge in [0, 0.05) is 16.5 Å². The van der Waals surface area contributed by atoms with Crippen molar-refractivity contribution in [1.82, 2.24) is 0 Å². The van der Waals surface area contributed by atoms with Crippen LogP contribution in [-0.2, 0) is 0 Å². The molecule has 0 radical (unpaired) electrons. The normalized spacial score (nSPS) is 10.1. The minimum absolute atomic E-state index is 0.237. The molecule has 1 aromatic rings. The Hall–Kier alpha value is -0.630. The summed E-state index contributed by atoms with van der Waals surface area (Å²) in [6.07, 6.45) is 1.54. The maximum absolute atomic E-state index is 11.6. The van der Waals surface area contributed by atoms with E-state index in [4.69, 9.17) is 0 Å². The van der Waals surface area contributed by atoms with Gasteiger partial charge in [-0.1, -0.05) is 28.9 Å². The smallest absolute Gasteiger partial charge is 0.163 e. The SMILES string of the molecule is CCCC(=O)c1cc(Br)ccc1C. The summed E-state index contributed by atoms with van der Waals surface area (Å²) in [6.45, 7) is 3.99. The van der Waals surface area contributed by atoms with E-state index in [1.54, 1.807) is 0 Å². The van der Waals surface area contributed by atoms with Crippen LogP contribution in [0.25, 0.3) is 0 Å². The molecule has 1 rings (SSSR count). The van der Waals surface area contributed by atoms with Crippen molar-refractivity contribution >= 4 is 21.7 Å². The quantitative estimate of drug-likeness (QED) is 0.736. The summed E-state index contributed by atoms with van der Waals surface area (Å²) in [5, 5.41) is 0. The Morgan fingerprint density at radius 3 is 2.77 bits per heavy atom. The lowest BCUT2D eigenvalue weighted by atomic mass is 10.0. The van der Waals surface area contributed by atoms with Crippen LogP contribution in [0.15, 0.2) is 22.7 Å². The molecule has 0 aromatic heterocycles. The van der Waals surface area contributed by atoms with E-state index in [1.165, 1.54) is 0 Å². The van der Waals surface area contributed by atoms with Crippen molar-refractivity contribution in [3.63, 3.8) is 0 Å². The zero-order chi connectivity index (χ0) is 9.84. The molecule has 0 spiro atoms. The molecule has 13 heavy (non-hydrogen) atoms. The highest BCUT2D eigenvalue weighted by Gasteiger charge is 2.07. The molecule has 0 aliphatic rings. The molecule has 0 unspecified atom stereocenters. The third-order valence-corrected chi connectivity index (χ3v) is 2.47. The molecule has 0 aliphatic carbocycles. The Balaban J connectivity index is 2.99. The van der Waals surface area contributed by atoms with Gasteiger partial charge in [-0.3, -0.25) is 4.79 Å². The lowest BCUT2D eigenvalue weighted by Crippen LogP contribution is -2.00. The molecule has 0 fully saturated rings. The number of hydrogen-bond acceptors (Lipinski definition) is 1. The number of Topliss-reactive ketones (excluding diaryl/α,β-unsaturated/α-hetero) is 1. The zero-order valence-electron chi connectivity index (χ0n) is 7.93. The van der Waals surface area contributed by atoms with Gasteiger partial charge in [-0.2, -0.15) is 0 Å². The zero-order valence-corrected chi connectivity index (χ0v) is 9.52. The Morgan fingerprint density at radius 2 is 2.15 bits per heavy atom. The molecule has 0 amide bonds. The molecule has 2 heteroatoms. The predicted molar refractivity (Wildman–Crippen MR) is 58.1 cm³/mol. The van der Waals surface area contributed by atoms with Gasteiger partial charge in [0.1, 0.15) is 0 Å². The minimum Gasteiger partial charge on any atom is -0.294 e. The van der Waals surface area contributed by atoms with E-state index in [2.05, 4.69) is 15.9 Å². The number of ketones is 1. The van der Waals surface area contributed by atoms with Crippen LogP contribution in [0.4, 0.5) is 0 Å². The highest BCUT2D eigenvalue weighted by molar-refractivity contribution is 9.10. The number of halogens is 1. The van der Waals surface area contributed by atoms with Gasteiger partial charge in [0.05, 0.1) is 0 Å². The first-order valence-electron chi connectivity index (χ1n) is 4.44. The second-order valence-electron chi connectivity index (χ2n) is 3.13. The van der Waals surface area contributed by atoms with Gasteiger partial charge >= 0.3 is 0 Å². The first kappa shape index (κ1) is 10.5. The summed E-state index contributed by atoms with van der Waals surface area (Å²) in [7, 11) is 0. The van der Waals surface area contributed by atoms with E-state index in [0.29, 0.717) is 6.42 Å². The van der Waals surface area contributed by atoms with Crippen LogP contribution in [0, 0.1) is 6.92 Å². The van der Waals surface area contributed by atoms with Gasteiger partial charge in [0.2, 0.25) is 0 Å². The first-order valence-corrected chi connectivity index (χ1v) is 5.23. The molecule has 0 heterocycles. The number of rotatable bonds is 3. The molecule has 0 saturated heterocycles. The average molecular weight is 241 g/mol. The fraction of sp³-hybridized carbons (Fsp3) is 0.364. The Bertz CT molecular complexity index is 318. The second kappa shape index (κ2) is 4.56. The van der Waals surface area contributed by atoms with E-state index in [-0.39, 0.29) is 5.78 Å². The maximum Gasteiger partial charge on any atom is 0.163 e. The highest BCUT2D eigenvalue weighted by Crippen LogP contribution is 2.17. The molecule has 0 atom stereocenters. The topological polar surface area (TPSA) is 17.1 Å². The molecule has 1 nitrogen and oxygen atoms in total. The standard InChI is InChI=1S/C11H13BrO/c1-3-4-11(13)10-7-9(12)6-5-8(10)2/h5-7H,3-4H2,1-2H3. The minimum atomic E-state index is 0.237. The highest BCUT2D eigenvalue weighted by atomic mass is 79.9. The van der Waals surface area contributed by atoms with Crippen LogP contribution < -0.4 is 0 Å². The van der Waals surface area contributed by atoms with E-state index >= 15 is 0 Å². The van der Waals surface area contributed by atoms with Crippen LogP contribution in [0.1, 0.15) is 35.7 Å². The summed E-state index contributed by atoms with van der Waals surface area (Å²) >= 11 is 3.36. The largest absolute Gasteiger partial charge is 0.294 e. The number of aryl methyl sites for hydroxylation is 1. The monoisotopic (exact) mass is 240 g/mol. The van der Waals surface area contributed by atoms with Crippen molar-refractivity contribution in [1.29, 1.82) is 0 Å². The molecular formula is C11H13BrO. The molecule has 1 aromatic carbocycles. The number of carbonyl (C=O) groups excluding carboxylic acids is 1. The molecule has 0 N–H and O–H groups in total. The lowest BCUT2D eigenvalue weighted by molar-refractivity contribution is 0.0981. The maximum atomic E-state index is 11.6. The molecule has 70 valence electrons. The number of carbonyl (C=O) groups is 1. The average Bonchev–Trinajstić information content (AvgIpc) is 2.09. The van der Waals surface area contributed by atoms with E-state index in [0.717, 1.165) is 22.0 Å². The fourth-order valence-electron chi connectivity index (χ4n) is 1.26. The van der Waals surface area contributed by atoms with Crippen LogP contribution in [0.2, 0.25) is 0 Å². The van der Waals surface area contributed by atoms with E-state index in [9.17, 15) is 4.79 Å². The van der Waals surface area contributed by atoms with Crippen molar-refractivity contribution in [3.05, 3.63) is 33.8 Å². The second-order valence-corrected chi connectivity index (χ2v) is 4.05. The Morgan fingerprint density at radius 1 is 1.46 bits per heavy atom. The van der Waals surface area contributed by atoms with Gasteiger partial charge in [0.25, 0.3) is 0 Å². The van der Waals surface area contributed by atoms with Gasteiger partial charge in [-0.25, -0.2) is 0 Å². The van der Waals surface area contributed by atoms with E-state index < -0.39 is 0 Å². The molecular weight excluding hydrogens is 228 g/mol. The van der Waals surface area contributed by atoms with Crippen LogP contribution in [0.3, 0.4) is 0 Å². The molecule has 0 aliphatic heterocycles. The van der Waals surface area contributed by atoms with E-state index in [1.807, 2.05) is 32.0 Å². The van der Waals surface area contributed by atoms with Crippen LogP contribution in [-0.4, -0.2) is 5.78 Å². The molecule has 0 saturated carbocycles. The lowest BCUT2D eigenvalue weighted by Gasteiger charge is -2.03. The van der Waals surface area contributed by atoms with Crippen molar-refractivity contribution in [2.24, 2.45) is 0 Å². The van der Waals surface area contributed by atoms with Crippen molar-refractivity contribution in [3.8, 4) is 0 Å². The fourth-order valence-corrected chi connectivity index (χ4v) is 1.62. The molecule has 0 bridgehead atoms. The third kappa shape index (κ3) is 2.66. The van der Waals surface area contributed by atoms with Crippen molar-refractivity contribution in [2.75, 3.05) is 0 Å². The summed E-state index contributed by atoms with van der Waals surface area (Å²) in [4.78, 5) is 11.6. The Kier molecular flexibility index (Phi) is 3.67. The summed E-state index contributed by atoms with van der Waals surface area (Å²) < 4.78 is 0.970. The predicted octanol–water partition coefficient (Wildman–Crippen LogP) is 3.74. The summed E-state index contributed by atoms with van der Waals surface area (Å²) in [5.41, 5.74) is 1.90. The van der Waals surface area contributed by atoms with Crippen molar-refractivity contribution < 1.29 is 4.79 Å². The summed E-state index contributed by atoms with van der Waals surface area (Å²) in [6, 6.07) is 5.82. The third-order valence-electron chi connectivity index (χ3n) is 1.98. The van der Waals surface area contributed by atoms with Gasteiger partial charge in [-0.05, 0) is 31.0 Å². The first-order chi connectivity index (χ1) is 6.15. The van der Waals surface area contributed by atoms with Crippen LogP contribution in [0.5, 0.6) is 0 Å². The number of hydrogen-bond donors (Lipinski definition) is 0.